The number of fused-ring (bicyclic) bond motifs is 1. The van der Waals surface area contributed by atoms with Crippen LogP contribution in [-0.4, -0.2) is 47.6 Å². The lowest BCUT2D eigenvalue weighted by atomic mass is 10.1. The van der Waals surface area contributed by atoms with Crippen LogP contribution in [0.4, 0.5) is 11.6 Å². The summed E-state index contributed by atoms with van der Waals surface area (Å²) in [5, 5.41) is 3.30. The Bertz CT molecular complexity index is 909. The van der Waals surface area contributed by atoms with Crippen LogP contribution in [0.2, 0.25) is 0 Å². The largest absolute Gasteiger partial charge is 0.378 e. The van der Waals surface area contributed by atoms with Gasteiger partial charge in [-0.2, -0.15) is 0 Å². The van der Waals surface area contributed by atoms with Crippen molar-refractivity contribution in [2.24, 2.45) is 4.99 Å². The van der Waals surface area contributed by atoms with Crippen LogP contribution in [0.25, 0.3) is 0 Å². The van der Waals surface area contributed by atoms with Gasteiger partial charge in [0.25, 0.3) is 5.56 Å². The minimum atomic E-state index is -0.407. The highest BCUT2D eigenvalue weighted by molar-refractivity contribution is 5.93. The maximum atomic E-state index is 12.7. The summed E-state index contributed by atoms with van der Waals surface area (Å²) in [7, 11) is 4.03. The molecule has 0 spiro atoms. The van der Waals surface area contributed by atoms with Crippen LogP contribution < -0.4 is 15.8 Å². The van der Waals surface area contributed by atoms with Gasteiger partial charge in [0.1, 0.15) is 0 Å². The summed E-state index contributed by atoms with van der Waals surface area (Å²) in [6.45, 7) is 3.81. The molecule has 4 rings (SSSR count). The van der Waals surface area contributed by atoms with Gasteiger partial charge in [-0.05, 0) is 43.9 Å². The molecule has 1 fully saturated rings. The van der Waals surface area contributed by atoms with Crippen LogP contribution in [0.3, 0.4) is 0 Å². The SMILES string of the molecule is Cc1cc(=O)n2c(n1)NC(N1CCCCC1)=NC2c1ccc(N(C)C)cc1. The third kappa shape index (κ3) is 3.41. The fourth-order valence-electron chi connectivity index (χ4n) is 3.67. The number of likely N-dealkylation sites (tertiary alicyclic amines) is 1. The number of rotatable bonds is 2. The van der Waals surface area contributed by atoms with E-state index in [2.05, 4.69) is 32.2 Å². The first-order chi connectivity index (χ1) is 13.0. The molecule has 2 aromatic rings. The van der Waals surface area contributed by atoms with Crippen LogP contribution in [0.1, 0.15) is 36.7 Å². The van der Waals surface area contributed by atoms with E-state index in [9.17, 15) is 4.79 Å². The molecule has 1 atom stereocenters. The summed E-state index contributed by atoms with van der Waals surface area (Å²) >= 11 is 0. The lowest BCUT2D eigenvalue weighted by Crippen LogP contribution is -2.45. The molecule has 142 valence electrons. The lowest BCUT2D eigenvalue weighted by molar-refractivity contribution is 0.335. The van der Waals surface area contributed by atoms with E-state index in [0.29, 0.717) is 11.6 Å². The molecule has 7 heteroatoms. The standard InChI is InChI=1S/C20H26N6O/c1-14-13-17(27)26-18(15-7-9-16(10-8-15)24(2)3)22-19(23-20(26)21-14)25-11-5-4-6-12-25/h7-10,13,18H,4-6,11-12H2,1-3H3,(H,21,22,23). The van der Waals surface area contributed by atoms with Crippen molar-refractivity contribution < 1.29 is 0 Å². The first kappa shape index (κ1) is 17.6. The zero-order valence-corrected chi connectivity index (χ0v) is 16.1. The average molecular weight is 366 g/mol. The first-order valence-corrected chi connectivity index (χ1v) is 9.50. The number of aliphatic imine (C=N–C) groups is 1. The van der Waals surface area contributed by atoms with Crippen LogP contribution >= 0.6 is 0 Å². The number of aromatic nitrogens is 2. The van der Waals surface area contributed by atoms with Gasteiger partial charge in [-0.1, -0.05) is 12.1 Å². The second kappa shape index (κ2) is 7.06. The van der Waals surface area contributed by atoms with Gasteiger partial charge in [-0.15, -0.1) is 0 Å². The summed E-state index contributed by atoms with van der Waals surface area (Å²) in [5.41, 5.74) is 2.71. The smallest absolute Gasteiger partial charge is 0.257 e. The summed E-state index contributed by atoms with van der Waals surface area (Å²) in [6.07, 6.45) is 3.18. The number of hydrogen-bond donors (Lipinski definition) is 1. The Labute approximate surface area is 159 Å². The van der Waals surface area contributed by atoms with Crippen molar-refractivity contribution in [3.8, 4) is 0 Å². The zero-order valence-electron chi connectivity index (χ0n) is 16.1. The van der Waals surface area contributed by atoms with Crippen molar-refractivity contribution in [3.63, 3.8) is 0 Å². The fraction of sp³-hybridized carbons (Fsp3) is 0.450. The molecule has 0 bridgehead atoms. The molecule has 1 N–H and O–H groups in total. The molecule has 0 amide bonds. The molecule has 1 saturated heterocycles. The number of nitrogens with zero attached hydrogens (tertiary/aromatic N) is 5. The van der Waals surface area contributed by atoms with Crippen LogP contribution in [-0.2, 0) is 0 Å². The van der Waals surface area contributed by atoms with E-state index in [4.69, 9.17) is 4.99 Å². The van der Waals surface area contributed by atoms with Gasteiger partial charge in [0, 0.05) is 44.6 Å². The zero-order chi connectivity index (χ0) is 19.0. The summed E-state index contributed by atoms with van der Waals surface area (Å²) in [6, 6.07) is 9.75. The number of anilines is 2. The highest BCUT2D eigenvalue weighted by atomic mass is 16.1. The fourth-order valence-corrected chi connectivity index (χ4v) is 3.67. The van der Waals surface area contributed by atoms with E-state index >= 15 is 0 Å². The molecule has 3 heterocycles. The third-order valence-corrected chi connectivity index (χ3v) is 5.16. The number of nitrogens with one attached hydrogen (secondary N) is 1. The van der Waals surface area contributed by atoms with Crippen molar-refractivity contribution in [1.29, 1.82) is 0 Å². The van der Waals surface area contributed by atoms with E-state index in [0.717, 1.165) is 43.1 Å². The molecule has 2 aliphatic rings. The van der Waals surface area contributed by atoms with Crippen molar-refractivity contribution in [1.82, 2.24) is 14.5 Å². The predicted molar refractivity (Wildman–Crippen MR) is 109 cm³/mol. The molecular formula is C20H26N6O. The quantitative estimate of drug-likeness (QED) is 0.884. The summed E-state index contributed by atoms with van der Waals surface area (Å²) < 4.78 is 1.64. The number of benzene rings is 1. The minimum Gasteiger partial charge on any atom is -0.378 e. The number of aryl methyl sites for hydroxylation is 1. The van der Waals surface area contributed by atoms with Gasteiger partial charge in [0.05, 0.1) is 0 Å². The van der Waals surface area contributed by atoms with Gasteiger partial charge >= 0.3 is 0 Å². The lowest BCUT2D eigenvalue weighted by Gasteiger charge is -2.34. The maximum Gasteiger partial charge on any atom is 0.257 e. The summed E-state index contributed by atoms with van der Waals surface area (Å²) in [4.78, 5) is 26.5. The third-order valence-electron chi connectivity index (χ3n) is 5.16. The minimum absolute atomic E-state index is 0.0897. The number of guanidine groups is 1. The Morgan fingerprint density at radius 2 is 1.81 bits per heavy atom. The molecule has 0 saturated carbocycles. The van der Waals surface area contributed by atoms with Crippen molar-refractivity contribution >= 4 is 17.6 Å². The monoisotopic (exact) mass is 366 g/mol. The van der Waals surface area contributed by atoms with Gasteiger partial charge in [0.15, 0.2) is 6.17 Å². The molecule has 0 radical (unpaired) electrons. The van der Waals surface area contributed by atoms with Crippen molar-refractivity contribution in [2.75, 3.05) is 37.4 Å². The summed E-state index contributed by atoms with van der Waals surface area (Å²) in [5.74, 6) is 1.38. The molecular weight excluding hydrogens is 340 g/mol. The normalized spacial score (nSPS) is 19.1. The molecule has 1 unspecified atom stereocenters. The highest BCUT2D eigenvalue weighted by Gasteiger charge is 2.28. The molecule has 1 aromatic carbocycles. The Kier molecular flexibility index (Phi) is 4.59. The molecule has 0 aliphatic carbocycles. The average Bonchev–Trinajstić information content (AvgIpc) is 2.67. The first-order valence-electron chi connectivity index (χ1n) is 9.50. The Morgan fingerprint density at radius 3 is 2.48 bits per heavy atom. The number of hydrogen-bond acceptors (Lipinski definition) is 6. The second-order valence-electron chi connectivity index (χ2n) is 7.41. The molecule has 7 nitrogen and oxygen atoms in total. The Morgan fingerprint density at radius 1 is 1.11 bits per heavy atom. The highest BCUT2D eigenvalue weighted by Crippen LogP contribution is 2.28. The topological polar surface area (TPSA) is 65.8 Å². The maximum absolute atomic E-state index is 12.7. The van der Waals surface area contributed by atoms with Crippen LogP contribution in [0, 0.1) is 6.92 Å². The van der Waals surface area contributed by atoms with E-state index in [1.165, 1.54) is 6.42 Å². The van der Waals surface area contributed by atoms with E-state index in [1.54, 1.807) is 10.6 Å². The number of piperidine rings is 1. The molecule has 27 heavy (non-hydrogen) atoms. The Hall–Kier alpha value is -2.83. The van der Waals surface area contributed by atoms with Crippen molar-refractivity contribution in [2.45, 2.75) is 32.4 Å². The van der Waals surface area contributed by atoms with E-state index in [1.807, 2.05) is 33.2 Å². The van der Waals surface area contributed by atoms with Gasteiger partial charge in [0.2, 0.25) is 11.9 Å². The second-order valence-corrected chi connectivity index (χ2v) is 7.41. The van der Waals surface area contributed by atoms with Crippen LogP contribution in [0.5, 0.6) is 0 Å². The molecule has 1 aromatic heterocycles. The Balaban J connectivity index is 1.79. The van der Waals surface area contributed by atoms with Crippen LogP contribution in [0.15, 0.2) is 40.1 Å². The van der Waals surface area contributed by atoms with Gasteiger partial charge < -0.3 is 9.80 Å². The van der Waals surface area contributed by atoms with Gasteiger partial charge in [-0.3, -0.25) is 14.7 Å². The van der Waals surface area contributed by atoms with E-state index < -0.39 is 6.17 Å². The van der Waals surface area contributed by atoms with E-state index in [-0.39, 0.29) is 5.56 Å². The predicted octanol–water partition coefficient (Wildman–Crippen LogP) is 2.43. The molecule has 2 aliphatic heterocycles. The van der Waals surface area contributed by atoms with Gasteiger partial charge in [-0.25, -0.2) is 9.98 Å². The van der Waals surface area contributed by atoms with Crippen molar-refractivity contribution in [3.05, 3.63) is 51.9 Å².